The number of hydrogen-bond acceptors (Lipinski definition) is 8. The SMILES string of the molecule is CCC[C@H]1N(C(=O)c2cnccc2C(F)(F)F)CCC[C@@]1(Oc1csc(C(F)(F)F)c1)C(=O)N1CCN(c2ccccc2OCCCCC(=O)O)CC1. The third-order valence-corrected chi connectivity index (χ3v) is 10.3. The zero-order valence-corrected chi connectivity index (χ0v) is 29.7. The molecule has 53 heavy (non-hydrogen) atoms. The highest BCUT2D eigenvalue weighted by atomic mass is 32.1. The summed E-state index contributed by atoms with van der Waals surface area (Å²) >= 11 is 0.390. The summed E-state index contributed by atoms with van der Waals surface area (Å²) in [5.74, 6) is -2.10. The van der Waals surface area contributed by atoms with E-state index in [9.17, 15) is 40.7 Å². The Morgan fingerprint density at radius 3 is 2.40 bits per heavy atom. The second kappa shape index (κ2) is 16.6. The number of ether oxygens (including phenoxy) is 2. The van der Waals surface area contributed by atoms with Crippen LogP contribution in [0.3, 0.4) is 0 Å². The monoisotopic (exact) mass is 770 g/mol. The first-order chi connectivity index (χ1) is 25.2. The Kier molecular flexibility index (Phi) is 12.5. The smallest absolute Gasteiger partial charge is 0.425 e. The minimum Gasteiger partial charge on any atom is -0.491 e. The van der Waals surface area contributed by atoms with Crippen LogP contribution in [-0.2, 0) is 21.9 Å². The maximum absolute atomic E-state index is 14.8. The van der Waals surface area contributed by atoms with Gasteiger partial charge in [-0.2, -0.15) is 26.3 Å². The number of aliphatic carboxylic acids is 1. The average Bonchev–Trinajstić information content (AvgIpc) is 3.61. The molecule has 2 saturated heterocycles. The lowest BCUT2D eigenvalue weighted by molar-refractivity contribution is -0.159. The normalized spacial score (nSPS) is 19.6. The second-order valence-electron chi connectivity index (χ2n) is 12.9. The Labute approximate surface area is 306 Å². The van der Waals surface area contributed by atoms with Gasteiger partial charge in [0.2, 0.25) is 5.60 Å². The Morgan fingerprint density at radius 1 is 1.00 bits per heavy atom. The Hall–Kier alpha value is -4.54. The molecule has 2 atom stereocenters. The van der Waals surface area contributed by atoms with Crippen LogP contribution in [0, 0.1) is 0 Å². The van der Waals surface area contributed by atoms with E-state index in [-0.39, 0.29) is 51.1 Å². The van der Waals surface area contributed by atoms with E-state index in [1.54, 1.807) is 19.1 Å². The number of carbonyl (C=O) groups is 3. The number of benzene rings is 1. The maximum atomic E-state index is 14.8. The van der Waals surface area contributed by atoms with Crippen molar-refractivity contribution in [1.82, 2.24) is 14.8 Å². The van der Waals surface area contributed by atoms with E-state index in [4.69, 9.17) is 14.6 Å². The van der Waals surface area contributed by atoms with Crippen LogP contribution in [0.4, 0.5) is 32.0 Å². The van der Waals surface area contributed by atoms with E-state index < -0.39 is 57.8 Å². The summed E-state index contributed by atoms with van der Waals surface area (Å²) in [5, 5.41) is 10.0. The number of hydrogen-bond donors (Lipinski definition) is 1. The van der Waals surface area contributed by atoms with Gasteiger partial charge in [-0.1, -0.05) is 25.5 Å². The largest absolute Gasteiger partial charge is 0.491 e. The number of carbonyl (C=O) groups excluding carboxylic acids is 2. The highest BCUT2D eigenvalue weighted by molar-refractivity contribution is 7.10. The van der Waals surface area contributed by atoms with Gasteiger partial charge in [-0.05, 0) is 43.9 Å². The molecule has 1 N–H and O–H groups in total. The summed E-state index contributed by atoms with van der Waals surface area (Å²) in [6.07, 6.45) is -6.12. The van der Waals surface area contributed by atoms with Gasteiger partial charge in [-0.3, -0.25) is 19.4 Å². The molecule has 2 aliphatic rings. The molecular formula is C36H40F6N4O6S. The minimum atomic E-state index is -4.87. The average molecular weight is 771 g/mol. The molecule has 0 aliphatic carbocycles. The first-order valence-corrected chi connectivity index (χ1v) is 18.2. The van der Waals surface area contributed by atoms with Crippen LogP contribution in [-0.4, -0.2) is 88.6 Å². The van der Waals surface area contributed by atoms with Gasteiger partial charge in [0.25, 0.3) is 11.8 Å². The van der Waals surface area contributed by atoms with Crippen LogP contribution in [0.15, 0.2) is 54.2 Å². The minimum absolute atomic E-state index is 0.00755. The molecule has 288 valence electrons. The van der Waals surface area contributed by atoms with E-state index in [0.717, 1.165) is 29.5 Å². The fourth-order valence-corrected chi connectivity index (χ4v) is 7.60. The van der Waals surface area contributed by atoms with Crippen LogP contribution >= 0.6 is 11.3 Å². The van der Waals surface area contributed by atoms with Crippen molar-refractivity contribution < 1.29 is 55.3 Å². The highest BCUT2D eigenvalue weighted by Crippen LogP contribution is 2.43. The lowest BCUT2D eigenvalue weighted by atomic mass is 9.79. The van der Waals surface area contributed by atoms with Crippen LogP contribution in [0.1, 0.15) is 72.7 Å². The van der Waals surface area contributed by atoms with E-state index in [2.05, 4.69) is 4.98 Å². The maximum Gasteiger partial charge on any atom is 0.425 e. The van der Waals surface area contributed by atoms with Crippen molar-refractivity contribution >= 4 is 34.8 Å². The van der Waals surface area contributed by atoms with Crippen molar-refractivity contribution in [1.29, 1.82) is 0 Å². The molecule has 0 spiro atoms. The van der Waals surface area contributed by atoms with Gasteiger partial charge in [0.05, 0.1) is 29.5 Å². The van der Waals surface area contributed by atoms with Gasteiger partial charge in [0.1, 0.15) is 16.4 Å². The number of piperazine rings is 1. The van der Waals surface area contributed by atoms with E-state index in [1.807, 2.05) is 17.0 Å². The summed E-state index contributed by atoms with van der Waals surface area (Å²) in [6.45, 7) is 3.08. The third-order valence-electron chi connectivity index (χ3n) is 9.37. The number of halogens is 6. The van der Waals surface area contributed by atoms with Crippen molar-refractivity contribution in [3.8, 4) is 11.5 Å². The van der Waals surface area contributed by atoms with Crippen LogP contribution < -0.4 is 14.4 Å². The van der Waals surface area contributed by atoms with E-state index in [0.29, 0.717) is 62.1 Å². The molecule has 2 fully saturated rings. The first-order valence-electron chi connectivity index (χ1n) is 17.3. The molecule has 0 bridgehead atoms. The van der Waals surface area contributed by atoms with E-state index >= 15 is 0 Å². The topological polar surface area (TPSA) is 113 Å². The van der Waals surface area contributed by atoms with Gasteiger partial charge in [-0.15, -0.1) is 11.3 Å². The number of nitrogens with zero attached hydrogens (tertiary/aromatic N) is 4. The zero-order valence-electron chi connectivity index (χ0n) is 28.9. The van der Waals surface area contributed by atoms with Gasteiger partial charge < -0.3 is 29.3 Å². The number of carboxylic acids is 1. The predicted octanol–water partition coefficient (Wildman–Crippen LogP) is 7.39. The molecule has 0 radical (unpaired) electrons. The molecule has 5 rings (SSSR count). The number of anilines is 1. The Morgan fingerprint density at radius 2 is 1.74 bits per heavy atom. The number of aromatic nitrogens is 1. The molecule has 10 nitrogen and oxygen atoms in total. The van der Waals surface area contributed by atoms with Crippen molar-refractivity contribution in [3.63, 3.8) is 0 Å². The van der Waals surface area contributed by atoms with Gasteiger partial charge in [0.15, 0.2) is 0 Å². The fraction of sp³-hybridized carbons (Fsp3) is 0.500. The van der Waals surface area contributed by atoms with Gasteiger partial charge >= 0.3 is 18.3 Å². The standard InChI is InChI=1S/C36H40F6N4O6S/c1-2-8-29-34(52-24-21-30(53-23-24)36(40,41)42,13-7-15-46(29)32(49)25-22-43-14-12-26(25)35(37,38)39)33(50)45-18-16-44(17-19-45)27-9-3-4-10-28(27)51-20-6-5-11-31(47)48/h3-4,9-10,12,14,21-23,29H,2,5-8,11,13,15-20H2,1H3,(H,47,48)/t29-,34+/m1/s1. The first kappa shape index (κ1) is 39.7. The molecule has 2 aliphatic heterocycles. The quantitative estimate of drug-likeness (QED) is 0.142. The Bertz CT molecular complexity index is 1750. The lowest BCUT2D eigenvalue weighted by Gasteiger charge is -2.50. The third kappa shape index (κ3) is 9.16. The van der Waals surface area contributed by atoms with Crippen LogP contribution in [0.2, 0.25) is 0 Å². The zero-order chi connectivity index (χ0) is 38.4. The number of alkyl halides is 6. The number of unbranched alkanes of at least 4 members (excludes halogenated alkanes) is 1. The van der Waals surface area contributed by atoms with E-state index in [1.165, 1.54) is 9.80 Å². The van der Waals surface area contributed by atoms with Crippen LogP contribution in [0.5, 0.6) is 11.5 Å². The molecule has 2 aromatic heterocycles. The van der Waals surface area contributed by atoms with Crippen LogP contribution in [0.25, 0.3) is 0 Å². The number of thiophene rings is 1. The summed E-state index contributed by atoms with van der Waals surface area (Å²) < 4.78 is 95.3. The number of likely N-dealkylation sites (tertiary alicyclic amines) is 1. The molecule has 1 aromatic carbocycles. The number of rotatable bonds is 13. The molecule has 4 heterocycles. The van der Waals surface area contributed by atoms with Gasteiger partial charge in [0, 0.05) is 69.4 Å². The second-order valence-corrected chi connectivity index (χ2v) is 13.8. The lowest BCUT2D eigenvalue weighted by Crippen LogP contribution is -2.69. The number of piperidine rings is 1. The van der Waals surface area contributed by atoms with Crippen molar-refractivity contribution in [2.45, 2.75) is 75.9 Å². The summed E-state index contributed by atoms with van der Waals surface area (Å²) in [5.41, 5.74) is -3.04. The molecule has 3 aromatic rings. The van der Waals surface area contributed by atoms with Crippen molar-refractivity contribution in [2.24, 2.45) is 0 Å². The fourth-order valence-electron chi connectivity index (χ4n) is 6.92. The number of pyridine rings is 1. The molecule has 0 unspecified atom stereocenters. The van der Waals surface area contributed by atoms with Gasteiger partial charge in [-0.25, -0.2) is 0 Å². The predicted molar refractivity (Wildman–Crippen MR) is 183 cm³/mol. The molecule has 0 saturated carbocycles. The molecular weight excluding hydrogens is 730 g/mol. The number of para-hydroxylation sites is 2. The highest BCUT2D eigenvalue weighted by Gasteiger charge is 2.56. The number of carboxylic acid groups (broad SMARTS) is 1. The molecule has 2 amide bonds. The summed E-state index contributed by atoms with van der Waals surface area (Å²) in [7, 11) is 0. The van der Waals surface area contributed by atoms with Crippen molar-refractivity contribution in [2.75, 3.05) is 44.2 Å². The summed E-state index contributed by atoms with van der Waals surface area (Å²) in [6, 6.07) is 7.66. The molecule has 17 heteroatoms. The van der Waals surface area contributed by atoms with Crippen molar-refractivity contribution in [3.05, 3.63) is 70.2 Å². The number of amides is 2. The Balaban J connectivity index is 1.43. The summed E-state index contributed by atoms with van der Waals surface area (Å²) in [4.78, 5) is 47.2.